The van der Waals surface area contributed by atoms with Gasteiger partial charge in [-0.1, -0.05) is 17.8 Å². The number of rotatable bonds is 2. The van der Waals surface area contributed by atoms with Gasteiger partial charge in [0.25, 0.3) is 0 Å². The summed E-state index contributed by atoms with van der Waals surface area (Å²) in [5.41, 5.74) is 6.34. The minimum atomic E-state index is -0.279. The summed E-state index contributed by atoms with van der Waals surface area (Å²) in [5, 5.41) is 3.63. The smallest absolute Gasteiger partial charge is 0.177 e. The average molecular weight is 278 g/mol. The Labute approximate surface area is 93.9 Å². The second-order valence-corrected chi connectivity index (χ2v) is 4.35. The first kappa shape index (κ1) is 11.3. The molecule has 1 rings (SSSR count). The van der Waals surface area contributed by atoms with Gasteiger partial charge in [-0.05, 0) is 33.6 Å². The van der Waals surface area contributed by atoms with E-state index in [1.54, 1.807) is 12.1 Å². The number of benzene rings is 1. The second kappa shape index (κ2) is 5.21. The van der Waals surface area contributed by atoms with Gasteiger partial charge in [0.1, 0.15) is 5.82 Å². The molecule has 0 unspecified atom stereocenters. The summed E-state index contributed by atoms with van der Waals surface area (Å²) >= 11 is 4.40. The molecule has 0 amide bonds. The first-order chi connectivity index (χ1) is 6.63. The lowest BCUT2D eigenvalue weighted by molar-refractivity contribution is 0.620. The Morgan fingerprint density at radius 3 is 2.86 bits per heavy atom. The van der Waals surface area contributed by atoms with Gasteiger partial charge in [-0.3, -0.25) is 0 Å². The SMILES string of the molecule is NN=C(N)SCc1ccc(F)c(Br)c1. The van der Waals surface area contributed by atoms with E-state index in [1.165, 1.54) is 17.8 Å². The van der Waals surface area contributed by atoms with E-state index in [9.17, 15) is 4.39 Å². The van der Waals surface area contributed by atoms with Crippen LogP contribution in [-0.4, -0.2) is 5.17 Å². The highest BCUT2D eigenvalue weighted by atomic mass is 79.9. The van der Waals surface area contributed by atoms with Crippen molar-refractivity contribution < 1.29 is 4.39 Å². The molecule has 6 heteroatoms. The van der Waals surface area contributed by atoms with Crippen molar-refractivity contribution in [3.05, 3.63) is 34.1 Å². The maximum atomic E-state index is 12.8. The third-order valence-electron chi connectivity index (χ3n) is 1.50. The van der Waals surface area contributed by atoms with E-state index in [-0.39, 0.29) is 5.82 Å². The fraction of sp³-hybridized carbons (Fsp3) is 0.125. The van der Waals surface area contributed by atoms with Crippen LogP contribution in [0.2, 0.25) is 0 Å². The Morgan fingerprint density at radius 2 is 2.29 bits per heavy atom. The van der Waals surface area contributed by atoms with Crippen LogP contribution in [0.4, 0.5) is 4.39 Å². The lowest BCUT2D eigenvalue weighted by Gasteiger charge is -2.01. The molecule has 0 aliphatic heterocycles. The molecular weight excluding hydrogens is 269 g/mol. The van der Waals surface area contributed by atoms with Gasteiger partial charge < -0.3 is 11.6 Å². The van der Waals surface area contributed by atoms with Gasteiger partial charge in [-0.15, -0.1) is 0 Å². The van der Waals surface area contributed by atoms with Crippen molar-refractivity contribution in [2.45, 2.75) is 5.75 Å². The number of nitrogens with zero attached hydrogens (tertiary/aromatic N) is 1. The summed E-state index contributed by atoms with van der Waals surface area (Å²) in [5.74, 6) is 5.30. The molecule has 0 aromatic heterocycles. The maximum absolute atomic E-state index is 12.8. The molecule has 14 heavy (non-hydrogen) atoms. The molecule has 3 nitrogen and oxygen atoms in total. The highest BCUT2D eigenvalue weighted by Crippen LogP contribution is 2.20. The summed E-state index contributed by atoms with van der Waals surface area (Å²) in [6, 6.07) is 4.79. The van der Waals surface area contributed by atoms with Gasteiger partial charge >= 0.3 is 0 Å². The van der Waals surface area contributed by atoms with Gasteiger partial charge in [0, 0.05) is 5.75 Å². The van der Waals surface area contributed by atoms with Gasteiger partial charge in [0.05, 0.1) is 4.47 Å². The quantitative estimate of drug-likeness (QED) is 0.376. The largest absolute Gasteiger partial charge is 0.377 e. The van der Waals surface area contributed by atoms with Gasteiger partial charge in [-0.25, -0.2) is 4.39 Å². The van der Waals surface area contributed by atoms with Crippen LogP contribution < -0.4 is 11.6 Å². The number of hydrogen-bond acceptors (Lipinski definition) is 3. The van der Waals surface area contributed by atoms with Crippen LogP contribution in [0.3, 0.4) is 0 Å². The van der Waals surface area contributed by atoms with E-state index in [2.05, 4.69) is 21.0 Å². The Morgan fingerprint density at radius 1 is 1.57 bits per heavy atom. The van der Waals surface area contributed by atoms with Crippen molar-refractivity contribution >= 4 is 32.9 Å². The predicted octanol–water partition coefficient (Wildman–Crippen LogP) is 2.01. The van der Waals surface area contributed by atoms with Crippen molar-refractivity contribution in [3.63, 3.8) is 0 Å². The molecule has 76 valence electrons. The van der Waals surface area contributed by atoms with Gasteiger partial charge in [0.2, 0.25) is 0 Å². The zero-order valence-corrected chi connectivity index (χ0v) is 9.61. The summed E-state index contributed by atoms with van der Waals surface area (Å²) < 4.78 is 13.3. The Bertz CT molecular complexity index is 356. The molecule has 0 radical (unpaired) electrons. The maximum Gasteiger partial charge on any atom is 0.177 e. The molecule has 0 heterocycles. The van der Waals surface area contributed by atoms with Crippen molar-refractivity contribution in [3.8, 4) is 0 Å². The van der Waals surface area contributed by atoms with Gasteiger partial charge in [-0.2, -0.15) is 5.10 Å². The first-order valence-corrected chi connectivity index (χ1v) is 5.51. The third-order valence-corrected chi connectivity index (χ3v) is 2.98. The Hall–Kier alpha value is -0.750. The van der Waals surface area contributed by atoms with Crippen LogP contribution in [0.1, 0.15) is 5.56 Å². The van der Waals surface area contributed by atoms with Crippen LogP contribution in [0.15, 0.2) is 27.8 Å². The summed E-state index contributed by atoms with van der Waals surface area (Å²) in [6.07, 6.45) is 0. The lowest BCUT2D eigenvalue weighted by Crippen LogP contribution is -2.09. The number of nitrogens with two attached hydrogens (primary N) is 2. The van der Waals surface area contributed by atoms with Crippen LogP contribution in [-0.2, 0) is 5.75 Å². The molecular formula is C8H9BrFN3S. The topological polar surface area (TPSA) is 64.4 Å². The fourth-order valence-electron chi connectivity index (χ4n) is 0.824. The molecule has 0 fully saturated rings. The van der Waals surface area contributed by atoms with Crippen LogP contribution in [0, 0.1) is 5.82 Å². The predicted molar refractivity (Wildman–Crippen MR) is 61.2 cm³/mol. The second-order valence-electron chi connectivity index (χ2n) is 2.50. The normalized spacial score (nSPS) is 11.7. The van der Waals surface area contributed by atoms with Crippen LogP contribution in [0.5, 0.6) is 0 Å². The van der Waals surface area contributed by atoms with E-state index in [4.69, 9.17) is 11.6 Å². The molecule has 0 bridgehead atoms. The van der Waals surface area contributed by atoms with Crippen LogP contribution in [0.25, 0.3) is 0 Å². The highest BCUT2D eigenvalue weighted by Gasteiger charge is 2.01. The number of hydrazone groups is 1. The number of thioether (sulfide) groups is 1. The molecule has 0 atom stereocenters. The van der Waals surface area contributed by atoms with Crippen molar-refractivity contribution in [1.29, 1.82) is 0 Å². The molecule has 0 aliphatic rings. The summed E-state index contributed by atoms with van der Waals surface area (Å²) in [7, 11) is 0. The summed E-state index contributed by atoms with van der Waals surface area (Å²) in [6.45, 7) is 0. The van der Waals surface area contributed by atoms with Crippen molar-refractivity contribution in [2.24, 2.45) is 16.7 Å². The Balaban J connectivity index is 2.64. The zero-order chi connectivity index (χ0) is 10.6. The zero-order valence-electron chi connectivity index (χ0n) is 7.21. The molecule has 4 N–H and O–H groups in total. The van der Waals surface area contributed by atoms with E-state index in [0.29, 0.717) is 15.4 Å². The molecule has 0 aliphatic carbocycles. The number of hydrogen-bond donors (Lipinski definition) is 2. The number of halogens is 2. The highest BCUT2D eigenvalue weighted by molar-refractivity contribution is 9.10. The summed E-state index contributed by atoms with van der Waals surface area (Å²) in [4.78, 5) is 0. The fourth-order valence-corrected chi connectivity index (χ4v) is 1.82. The minimum Gasteiger partial charge on any atom is -0.377 e. The first-order valence-electron chi connectivity index (χ1n) is 3.73. The molecule has 0 saturated heterocycles. The molecule has 0 spiro atoms. The standard InChI is InChI=1S/C8H9BrFN3S/c9-6-3-5(1-2-7(6)10)4-14-8(11)13-12/h1-3H,4,12H2,(H2,11,13). The molecule has 1 aromatic rings. The van der Waals surface area contributed by atoms with E-state index < -0.39 is 0 Å². The van der Waals surface area contributed by atoms with Crippen LogP contribution >= 0.6 is 27.7 Å². The Kier molecular flexibility index (Phi) is 4.21. The third kappa shape index (κ3) is 3.19. The van der Waals surface area contributed by atoms with Gasteiger partial charge in [0.15, 0.2) is 5.17 Å². The average Bonchev–Trinajstić information content (AvgIpc) is 2.19. The molecule has 0 saturated carbocycles. The van der Waals surface area contributed by atoms with E-state index in [0.717, 1.165) is 5.56 Å². The minimum absolute atomic E-state index is 0.279. The van der Waals surface area contributed by atoms with Crippen molar-refractivity contribution in [2.75, 3.05) is 0 Å². The van der Waals surface area contributed by atoms with Crippen molar-refractivity contribution in [1.82, 2.24) is 0 Å². The monoisotopic (exact) mass is 277 g/mol. The lowest BCUT2D eigenvalue weighted by atomic mass is 10.2. The molecule has 1 aromatic carbocycles. The van der Waals surface area contributed by atoms with E-state index >= 15 is 0 Å². The van der Waals surface area contributed by atoms with E-state index in [1.807, 2.05) is 0 Å². The number of amidine groups is 1.